The monoisotopic (exact) mass is 400 g/mol. The van der Waals surface area contributed by atoms with Gasteiger partial charge in [0.15, 0.2) is 6.10 Å². The van der Waals surface area contributed by atoms with E-state index in [-0.39, 0.29) is 6.54 Å². The minimum Gasteiger partial charge on any atom is -0.487 e. The second kappa shape index (κ2) is 9.18. The number of amides is 1. The van der Waals surface area contributed by atoms with Crippen molar-refractivity contribution < 1.29 is 23.5 Å². The molecule has 0 aliphatic heterocycles. The number of ether oxygens (including phenoxy) is 2. The first kappa shape index (κ1) is 19.6. The SMILES string of the molecule is Cc1nc(COc2ccc(C(=O)O[C@H](C)C(=O)NCc3ccco3)cc2)cs1. The van der Waals surface area contributed by atoms with Gasteiger partial charge in [-0.2, -0.15) is 0 Å². The van der Waals surface area contributed by atoms with E-state index < -0.39 is 18.0 Å². The number of esters is 1. The Morgan fingerprint density at radius 2 is 2.04 bits per heavy atom. The number of hydrogen-bond donors (Lipinski definition) is 1. The summed E-state index contributed by atoms with van der Waals surface area (Å²) in [6, 6.07) is 10.0. The van der Waals surface area contributed by atoms with Gasteiger partial charge in [0.1, 0.15) is 18.1 Å². The maximum atomic E-state index is 12.2. The number of benzene rings is 1. The van der Waals surface area contributed by atoms with Gasteiger partial charge in [0.05, 0.1) is 29.1 Å². The number of nitrogens with zero attached hydrogens (tertiary/aromatic N) is 1. The fourth-order valence-electron chi connectivity index (χ4n) is 2.33. The average molecular weight is 400 g/mol. The Balaban J connectivity index is 1.47. The molecule has 3 rings (SSSR count). The molecule has 3 aromatic rings. The summed E-state index contributed by atoms with van der Waals surface area (Å²) in [5.74, 6) is 0.257. The van der Waals surface area contributed by atoms with Gasteiger partial charge in [0.2, 0.25) is 0 Å². The Labute approximate surface area is 166 Å². The quantitative estimate of drug-likeness (QED) is 0.582. The fourth-order valence-corrected chi connectivity index (χ4v) is 2.93. The minimum atomic E-state index is -0.925. The van der Waals surface area contributed by atoms with E-state index >= 15 is 0 Å². The fraction of sp³-hybridized carbons (Fsp3) is 0.250. The predicted molar refractivity (Wildman–Crippen MR) is 103 cm³/mol. The van der Waals surface area contributed by atoms with Crippen LogP contribution in [0.5, 0.6) is 5.75 Å². The molecular weight excluding hydrogens is 380 g/mol. The van der Waals surface area contributed by atoms with Crippen molar-refractivity contribution in [3.8, 4) is 5.75 Å². The number of carbonyl (C=O) groups is 2. The first-order valence-electron chi connectivity index (χ1n) is 8.66. The summed E-state index contributed by atoms with van der Waals surface area (Å²) in [6.45, 7) is 4.05. The third-order valence-electron chi connectivity index (χ3n) is 3.81. The predicted octanol–water partition coefficient (Wildman–Crippen LogP) is 3.49. The molecule has 0 fully saturated rings. The van der Waals surface area contributed by atoms with Crippen LogP contribution in [0.25, 0.3) is 0 Å². The van der Waals surface area contributed by atoms with Crippen LogP contribution in [0.4, 0.5) is 0 Å². The number of aryl methyl sites for hydroxylation is 1. The topological polar surface area (TPSA) is 90.7 Å². The molecule has 1 amide bonds. The van der Waals surface area contributed by atoms with Crippen LogP contribution in [0.1, 0.15) is 33.7 Å². The second-order valence-electron chi connectivity index (χ2n) is 6.02. The van der Waals surface area contributed by atoms with Gasteiger partial charge in [-0.05, 0) is 50.2 Å². The molecule has 0 spiro atoms. The maximum Gasteiger partial charge on any atom is 0.338 e. The van der Waals surface area contributed by atoms with Crippen LogP contribution in [0.2, 0.25) is 0 Å². The highest BCUT2D eigenvalue weighted by molar-refractivity contribution is 7.09. The van der Waals surface area contributed by atoms with E-state index in [1.54, 1.807) is 47.7 Å². The highest BCUT2D eigenvalue weighted by Gasteiger charge is 2.19. The number of thiazole rings is 1. The standard InChI is InChI=1S/C20H20N2O5S/c1-13(19(23)21-10-18-4-3-9-25-18)27-20(24)15-5-7-17(8-6-15)26-11-16-12-28-14(2)22-16/h3-9,12-13H,10-11H2,1-2H3,(H,21,23)/t13-/m1/s1. The molecule has 1 atom stereocenters. The lowest BCUT2D eigenvalue weighted by Crippen LogP contribution is -2.35. The van der Waals surface area contributed by atoms with Crippen molar-refractivity contribution in [2.24, 2.45) is 0 Å². The molecule has 0 bridgehead atoms. The van der Waals surface area contributed by atoms with Crippen LogP contribution in [0.3, 0.4) is 0 Å². The Bertz CT molecular complexity index is 918. The van der Waals surface area contributed by atoms with Gasteiger partial charge in [-0.3, -0.25) is 4.79 Å². The highest BCUT2D eigenvalue weighted by atomic mass is 32.1. The molecule has 2 aromatic heterocycles. The summed E-state index contributed by atoms with van der Waals surface area (Å²) in [4.78, 5) is 28.6. The smallest absolute Gasteiger partial charge is 0.338 e. The first-order valence-corrected chi connectivity index (χ1v) is 9.54. The van der Waals surface area contributed by atoms with E-state index in [4.69, 9.17) is 13.9 Å². The van der Waals surface area contributed by atoms with Gasteiger partial charge in [-0.1, -0.05) is 0 Å². The number of furan rings is 1. The van der Waals surface area contributed by atoms with Crippen molar-refractivity contribution in [3.05, 3.63) is 70.1 Å². The average Bonchev–Trinajstić information content (AvgIpc) is 3.36. The molecule has 8 heteroatoms. The second-order valence-corrected chi connectivity index (χ2v) is 7.08. The number of carbonyl (C=O) groups excluding carboxylic acids is 2. The molecule has 1 N–H and O–H groups in total. The lowest BCUT2D eigenvalue weighted by Gasteiger charge is -2.13. The van der Waals surface area contributed by atoms with Crippen LogP contribution in [0.15, 0.2) is 52.5 Å². The summed E-state index contributed by atoms with van der Waals surface area (Å²) in [5.41, 5.74) is 1.20. The van der Waals surface area contributed by atoms with Crippen LogP contribution >= 0.6 is 11.3 Å². The van der Waals surface area contributed by atoms with E-state index in [0.29, 0.717) is 23.7 Å². The molecule has 0 aliphatic carbocycles. The van der Waals surface area contributed by atoms with Crippen molar-refractivity contribution in [1.82, 2.24) is 10.3 Å². The Morgan fingerprint density at radius 1 is 1.25 bits per heavy atom. The maximum absolute atomic E-state index is 12.2. The summed E-state index contributed by atoms with van der Waals surface area (Å²) in [7, 11) is 0. The lowest BCUT2D eigenvalue weighted by molar-refractivity contribution is -0.129. The zero-order valence-corrected chi connectivity index (χ0v) is 16.3. The molecule has 0 radical (unpaired) electrons. The zero-order chi connectivity index (χ0) is 19.9. The van der Waals surface area contributed by atoms with Gasteiger partial charge < -0.3 is 19.2 Å². The van der Waals surface area contributed by atoms with Gasteiger partial charge >= 0.3 is 5.97 Å². The number of rotatable bonds is 8. The number of aromatic nitrogens is 1. The van der Waals surface area contributed by atoms with Gasteiger partial charge in [0, 0.05) is 5.38 Å². The van der Waals surface area contributed by atoms with Crippen LogP contribution in [-0.2, 0) is 22.7 Å². The van der Waals surface area contributed by atoms with E-state index in [2.05, 4.69) is 10.3 Å². The molecular formula is C20H20N2O5S. The third-order valence-corrected chi connectivity index (χ3v) is 4.64. The number of hydrogen-bond acceptors (Lipinski definition) is 7. The molecule has 146 valence electrons. The molecule has 28 heavy (non-hydrogen) atoms. The Kier molecular flexibility index (Phi) is 6.44. The summed E-state index contributed by atoms with van der Waals surface area (Å²) >= 11 is 1.57. The summed E-state index contributed by atoms with van der Waals surface area (Å²) in [5, 5.41) is 5.58. The van der Waals surface area contributed by atoms with Crippen molar-refractivity contribution in [2.45, 2.75) is 33.1 Å². The third kappa shape index (κ3) is 5.43. The van der Waals surface area contributed by atoms with Gasteiger partial charge in [-0.25, -0.2) is 9.78 Å². The first-order chi connectivity index (χ1) is 13.5. The molecule has 0 aliphatic rings. The number of nitrogens with one attached hydrogen (secondary N) is 1. The normalized spacial score (nSPS) is 11.6. The molecule has 1 aromatic carbocycles. The van der Waals surface area contributed by atoms with E-state index in [1.807, 2.05) is 12.3 Å². The molecule has 0 saturated heterocycles. The highest BCUT2D eigenvalue weighted by Crippen LogP contribution is 2.16. The van der Waals surface area contributed by atoms with Crippen molar-refractivity contribution in [3.63, 3.8) is 0 Å². The van der Waals surface area contributed by atoms with Crippen molar-refractivity contribution in [1.29, 1.82) is 0 Å². The van der Waals surface area contributed by atoms with Crippen LogP contribution in [0, 0.1) is 6.92 Å². The molecule has 7 nitrogen and oxygen atoms in total. The van der Waals surface area contributed by atoms with Crippen molar-refractivity contribution >= 4 is 23.2 Å². The minimum absolute atomic E-state index is 0.234. The van der Waals surface area contributed by atoms with E-state index in [9.17, 15) is 9.59 Å². The van der Waals surface area contributed by atoms with E-state index in [1.165, 1.54) is 13.2 Å². The zero-order valence-electron chi connectivity index (χ0n) is 15.5. The van der Waals surface area contributed by atoms with Gasteiger partial charge in [0.25, 0.3) is 5.91 Å². The Hall–Kier alpha value is -3.13. The van der Waals surface area contributed by atoms with E-state index in [0.717, 1.165) is 10.7 Å². The van der Waals surface area contributed by atoms with Gasteiger partial charge in [-0.15, -0.1) is 11.3 Å². The molecule has 0 unspecified atom stereocenters. The molecule has 0 saturated carbocycles. The van der Waals surface area contributed by atoms with Crippen LogP contribution in [-0.4, -0.2) is 23.0 Å². The Morgan fingerprint density at radius 3 is 2.68 bits per heavy atom. The summed E-state index contributed by atoms with van der Waals surface area (Å²) < 4.78 is 16.0. The van der Waals surface area contributed by atoms with Crippen LogP contribution < -0.4 is 10.1 Å². The lowest BCUT2D eigenvalue weighted by atomic mass is 10.2. The van der Waals surface area contributed by atoms with Crippen molar-refractivity contribution in [2.75, 3.05) is 0 Å². The summed E-state index contributed by atoms with van der Waals surface area (Å²) in [6.07, 6.45) is 0.599. The molecule has 2 heterocycles. The largest absolute Gasteiger partial charge is 0.487 e.